The molecule has 0 saturated heterocycles. The Morgan fingerprint density at radius 2 is 1.89 bits per heavy atom. The molecule has 0 bridgehead atoms. The molecule has 1 saturated carbocycles. The molecule has 1 aliphatic rings. The number of unbranched alkanes of at least 4 members (excludes halogenated alkanes) is 2. The van der Waals surface area contributed by atoms with Crippen molar-refractivity contribution in [3.05, 3.63) is 0 Å². The maximum absolute atomic E-state index is 9.73. The predicted molar refractivity (Wildman–Crippen MR) is 76.7 cm³/mol. The third-order valence-electron chi connectivity index (χ3n) is 4.77. The molecule has 2 nitrogen and oxygen atoms in total. The Morgan fingerprint density at radius 3 is 2.44 bits per heavy atom. The van der Waals surface area contributed by atoms with Crippen LogP contribution in [-0.2, 0) is 4.74 Å². The van der Waals surface area contributed by atoms with Gasteiger partial charge < -0.3 is 9.84 Å². The fraction of sp³-hybridized carbons (Fsp3) is 1.00. The number of hydrogen-bond acceptors (Lipinski definition) is 2. The van der Waals surface area contributed by atoms with Gasteiger partial charge in [-0.15, -0.1) is 0 Å². The lowest BCUT2D eigenvalue weighted by Crippen LogP contribution is -2.31. The van der Waals surface area contributed by atoms with E-state index in [9.17, 15) is 5.11 Å². The number of rotatable bonds is 9. The summed E-state index contributed by atoms with van der Waals surface area (Å²) in [7, 11) is 1.76. The molecule has 0 aromatic carbocycles. The van der Waals surface area contributed by atoms with Crippen LogP contribution in [0.2, 0.25) is 0 Å². The van der Waals surface area contributed by atoms with Gasteiger partial charge in [0.2, 0.25) is 0 Å². The van der Waals surface area contributed by atoms with Crippen molar-refractivity contribution in [3.63, 3.8) is 0 Å². The van der Waals surface area contributed by atoms with Crippen LogP contribution in [-0.4, -0.2) is 25.4 Å². The standard InChI is InChI=1S/C16H32O2/c1-3-4-7-15-8-11-16(14-17,12-9-15)10-5-6-13-18-2/h15,17H,3-14H2,1-2H3. The second-order valence-electron chi connectivity index (χ2n) is 6.19. The van der Waals surface area contributed by atoms with E-state index in [-0.39, 0.29) is 5.41 Å². The molecule has 0 radical (unpaired) electrons. The van der Waals surface area contributed by atoms with Crippen LogP contribution in [0, 0.1) is 11.3 Å². The highest BCUT2D eigenvalue weighted by molar-refractivity contribution is 4.85. The first-order valence-corrected chi connectivity index (χ1v) is 7.86. The minimum absolute atomic E-state index is 0.246. The van der Waals surface area contributed by atoms with Crippen LogP contribution in [0.1, 0.15) is 71.1 Å². The molecule has 0 atom stereocenters. The molecule has 1 fully saturated rings. The first kappa shape index (κ1) is 16.0. The summed E-state index contributed by atoms with van der Waals surface area (Å²) in [6.45, 7) is 3.53. The van der Waals surface area contributed by atoms with Crippen molar-refractivity contribution in [1.29, 1.82) is 0 Å². The molecule has 108 valence electrons. The van der Waals surface area contributed by atoms with Crippen molar-refractivity contribution in [3.8, 4) is 0 Å². The molecule has 0 heterocycles. The average molecular weight is 256 g/mol. The second kappa shape index (κ2) is 8.92. The number of aliphatic hydroxyl groups excluding tert-OH is 1. The van der Waals surface area contributed by atoms with Gasteiger partial charge in [0.1, 0.15) is 0 Å². The van der Waals surface area contributed by atoms with Gasteiger partial charge in [-0.3, -0.25) is 0 Å². The summed E-state index contributed by atoms with van der Waals surface area (Å²) < 4.78 is 5.10. The SMILES string of the molecule is CCCCC1CCC(CO)(CCCCOC)CC1. The van der Waals surface area contributed by atoms with Crippen molar-refractivity contribution >= 4 is 0 Å². The van der Waals surface area contributed by atoms with Gasteiger partial charge in [-0.25, -0.2) is 0 Å². The largest absolute Gasteiger partial charge is 0.396 e. The van der Waals surface area contributed by atoms with Crippen molar-refractivity contribution in [2.24, 2.45) is 11.3 Å². The van der Waals surface area contributed by atoms with E-state index < -0.39 is 0 Å². The Hall–Kier alpha value is -0.0800. The highest BCUT2D eigenvalue weighted by atomic mass is 16.5. The van der Waals surface area contributed by atoms with Crippen LogP contribution >= 0.6 is 0 Å². The lowest BCUT2D eigenvalue weighted by Gasteiger charge is -2.39. The van der Waals surface area contributed by atoms with Gasteiger partial charge >= 0.3 is 0 Å². The molecule has 18 heavy (non-hydrogen) atoms. The normalized spacial score (nSPS) is 28.5. The molecule has 1 rings (SSSR count). The van der Waals surface area contributed by atoms with Gasteiger partial charge in [0, 0.05) is 20.3 Å². The summed E-state index contributed by atoms with van der Waals surface area (Å²) in [5, 5.41) is 9.73. The molecule has 0 amide bonds. The number of aliphatic hydroxyl groups is 1. The van der Waals surface area contributed by atoms with Crippen molar-refractivity contribution in [1.82, 2.24) is 0 Å². The first-order chi connectivity index (χ1) is 8.76. The predicted octanol–water partition coefficient (Wildman–Crippen LogP) is 4.16. The Bertz CT molecular complexity index is 195. The molecule has 2 heteroatoms. The highest BCUT2D eigenvalue weighted by Gasteiger charge is 2.33. The highest BCUT2D eigenvalue weighted by Crippen LogP contribution is 2.43. The molecule has 0 aliphatic heterocycles. The van der Waals surface area contributed by atoms with Gasteiger partial charge in [0.15, 0.2) is 0 Å². The third-order valence-corrected chi connectivity index (χ3v) is 4.77. The lowest BCUT2D eigenvalue weighted by molar-refractivity contribution is 0.0496. The Balaban J connectivity index is 2.26. The van der Waals surface area contributed by atoms with E-state index >= 15 is 0 Å². The van der Waals surface area contributed by atoms with Crippen molar-refractivity contribution in [2.45, 2.75) is 71.1 Å². The van der Waals surface area contributed by atoms with Gasteiger partial charge in [0.05, 0.1) is 0 Å². The van der Waals surface area contributed by atoms with Crippen LogP contribution < -0.4 is 0 Å². The molecule has 0 aromatic heterocycles. The minimum atomic E-state index is 0.246. The maximum Gasteiger partial charge on any atom is 0.0487 e. The van der Waals surface area contributed by atoms with Crippen molar-refractivity contribution < 1.29 is 9.84 Å². The molecule has 0 aromatic rings. The van der Waals surface area contributed by atoms with Crippen LogP contribution in [0.25, 0.3) is 0 Å². The topological polar surface area (TPSA) is 29.5 Å². The zero-order valence-corrected chi connectivity index (χ0v) is 12.4. The molecular weight excluding hydrogens is 224 g/mol. The molecular formula is C16H32O2. The summed E-state index contributed by atoms with van der Waals surface area (Å²) in [5.41, 5.74) is 0.246. The van der Waals surface area contributed by atoms with E-state index in [1.807, 2.05) is 0 Å². The van der Waals surface area contributed by atoms with E-state index in [0.29, 0.717) is 6.61 Å². The number of methoxy groups -OCH3 is 1. The molecule has 1 N–H and O–H groups in total. The van der Waals surface area contributed by atoms with Gasteiger partial charge in [-0.2, -0.15) is 0 Å². The lowest BCUT2D eigenvalue weighted by atomic mass is 9.67. The Morgan fingerprint density at radius 1 is 1.17 bits per heavy atom. The number of hydrogen-bond donors (Lipinski definition) is 1. The van der Waals surface area contributed by atoms with E-state index in [0.717, 1.165) is 18.9 Å². The third kappa shape index (κ3) is 5.27. The van der Waals surface area contributed by atoms with Gasteiger partial charge in [-0.1, -0.05) is 32.6 Å². The minimum Gasteiger partial charge on any atom is -0.396 e. The van der Waals surface area contributed by atoms with Crippen LogP contribution in [0.3, 0.4) is 0 Å². The summed E-state index contributed by atoms with van der Waals surface area (Å²) in [6, 6.07) is 0. The monoisotopic (exact) mass is 256 g/mol. The summed E-state index contributed by atoms with van der Waals surface area (Å²) in [4.78, 5) is 0. The van der Waals surface area contributed by atoms with Crippen LogP contribution in [0.5, 0.6) is 0 Å². The number of ether oxygens (including phenoxy) is 1. The molecule has 0 unspecified atom stereocenters. The van der Waals surface area contributed by atoms with Gasteiger partial charge in [0.25, 0.3) is 0 Å². The second-order valence-corrected chi connectivity index (χ2v) is 6.19. The quantitative estimate of drug-likeness (QED) is 0.628. The molecule has 0 spiro atoms. The summed E-state index contributed by atoms with van der Waals surface area (Å²) in [6.07, 6.45) is 12.8. The zero-order valence-electron chi connectivity index (χ0n) is 12.4. The molecule has 1 aliphatic carbocycles. The first-order valence-electron chi connectivity index (χ1n) is 7.86. The zero-order chi connectivity index (χ0) is 13.3. The smallest absolute Gasteiger partial charge is 0.0487 e. The fourth-order valence-electron chi connectivity index (χ4n) is 3.31. The fourth-order valence-corrected chi connectivity index (χ4v) is 3.31. The van der Waals surface area contributed by atoms with E-state index in [2.05, 4.69) is 6.92 Å². The Kier molecular flexibility index (Phi) is 7.92. The van der Waals surface area contributed by atoms with Crippen LogP contribution in [0.15, 0.2) is 0 Å². The summed E-state index contributed by atoms with van der Waals surface area (Å²) >= 11 is 0. The average Bonchev–Trinajstić information content (AvgIpc) is 2.43. The van der Waals surface area contributed by atoms with Crippen molar-refractivity contribution in [2.75, 3.05) is 20.3 Å². The van der Waals surface area contributed by atoms with Gasteiger partial charge in [-0.05, 0) is 49.9 Å². The summed E-state index contributed by atoms with van der Waals surface area (Å²) in [5.74, 6) is 0.934. The Labute approximate surface area is 113 Å². The van der Waals surface area contributed by atoms with E-state index in [1.165, 1.54) is 57.8 Å². The van der Waals surface area contributed by atoms with E-state index in [1.54, 1.807) is 7.11 Å². The maximum atomic E-state index is 9.73. The van der Waals surface area contributed by atoms with E-state index in [4.69, 9.17) is 4.74 Å². The van der Waals surface area contributed by atoms with Crippen LogP contribution in [0.4, 0.5) is 0 Å².